The van der Waals surface area contributed by atoms with Crippen molar-refractivity contribution in [1.29, 1.82) is 0 Å². The summed E-state index contributed by atoms with van der Waals surface area (Å²) in [5.74, 6) is 0.274. The molecule has 140 valence electrons. The molecule has 1 aromatic heterocycles. The van der Waals surface area contributed by atoms with Crippen LogP contribution in [0.4, 0.5) is 5.69 Å². The van der Waals surface area contributed by atoms with E-state index in [1.807, 2.05) is 56.4 Å². The number of aryl methyl sites for hydroxylation is 1. The Morgan fingerprint density at radius 1 is 1.22 bits per heavy atom. The second kappa shape index (κ2) is 8.75. The van der Waals surface area contributed by atoms with E-state index in [0.29, 0.717) is 13.2 Å². The molecule has 0 aliphatic rings. The van der Waals surface area contributed by atoms with Gasteiger partial charge >= 0.3 is 5.69 Å². The molecule has 7 heteroatoms. The third-order valence-corrected chi connectivity index (χ3v) is 5.17. The van der Waals surface area contributed by atoms with Gasteiger partial charge in [-0.2, -0.15) is 0 Å². The molecular formula is C20H21N3O3S. The van der Waals surface area contributed by atoms with Crippen molar-refractivity contribution in [1.82, 2.24) is 10.3 Å². The smallest absolute Gasteiger partial charge is 0.311 e. The molecule has 1 atom stereocenters. The van der Waals surface area contributed by atoms with Crippen LogP contribution in [0.2, 0.25) is 0 Å². The van der Waals surface area contributed by atoms with Gasteiger partial charge in [0.05, 0.1) is 11.0 Å². The van der Waals surface area contributed by atoms with Crippen LogP contribution in [0.3, 0.4) is 0 Å². The number of benzene rings is 2. The Morgan fingerprint density at radius 3 is 2.67 bits per heavy atom. The van der Waals surface area contributed by atoms with E-state index >= 15 is 0 Å². The largest absolute Gasteiger partial charge is 0.482 e. The number of nitrogens with one attached hydrogen (secondary N) is 1. The van der Waals surface area contributed by atoms with Crippen LogP contribution in [0.5, 0.6) is 5.75 Å². The van der Waals surface area contributed by atoms with Crippen molar-refractivity contribution in [2.24, 2.45) is 0 Å². The fourth-order valence-electron chi connectivity index (χ4n) is 2.60. The molecule has 0 saturated carbocycles. The monoisotopic (exact) mass is 383 g/mol. The van der Waals surface area contributed by atoms with Gasteiger partial charge in [0.15, 0.2) is 5.75 Å². The Labute approximate surface area is 162 Å². The van der Waals surface area contributed by atoms with Crippen LogP contribution in [-0.2, 0) is 13.2 Å². The highest BCUT2D eigenvalue weighted by atomic mass is 32.1. The molecule has 0 fully saturated rings. The normalized spacial score (nSPS) is 11.9. The standard InChI is InChI=1S/C20H21N3O3S/c1-14-11-22-20(27-14)15(2)21-12-17-8-9-19(18(10-17)23(24)25)26-13-16-6-4-3-5-7-16/h3-11,15,21H,12-13H2,1-2H3. The average Bonchev–Trinajstić information content (AvgIpc) is 3.12. The van der Waals surface area contributed by atoms with Crippen LogP contribution >= 0.6 is 11.3 Å². The first-order chi connectivity index (χ1) is 13.0. The van der Waals surface area contributed by atoms with Crippen molar-refractivity contribution in [2.75, 3.05) is 0 Å². The van der Waals surface area contributed by atoms with Crippen molar-refractivity contribution >= 4 is 17.0 Å². The molecule has 0 radical (unpaired) electrons. The SMILES string of the molecule is Cc1cnc(C(C)NCc2ccc(OCc3ccccc3)c([N+](=O)[O-])c2)s1. The lowest BCUT2D eigenvalue weighted by Gasteiger charge is -2.12. The first kappa shape index (κ1) is 19.0. The van der Waals surface area contributed by atoms with E-state index in [2.05, 4.69) is 10.3 Å². The molecule has 1 N–H and O–H groups in total. The summed E-state index contributed by atoms with van der Waals surface area (Å²) in [6.07, 6.45) is 1.85. The van der Waals surface area contributed by atoms with Crippen molar-refractivity contribution in [2.45, 2.75) is 33.0 Å². The van der Waals surface area contributed by atoms with Gasteiger partial charge < -0.3 is 10.1 Å². The first-order valence-corrected chi connectivity index (χ1v) is 9.44. The van der Waals surface area contributed by atoms with Crippen LogP contribution in [-0.4, -0.2) is 9.91 Å². The molecule has 0 aliphatic heterocycles. The third-order valence-electron chi connectivity index (χ3n) is 4.08. The topological polar surface area (TPSA) is 77.3 Å². The molecule has 0 bridgehead atoms. The number of nitrogens with zero attached hydrogens (tertiary/aromatic N) is 2. The van der Waals surface area contributed by atoms with Gasteiger partial charge in [0.1, 0.15) is 11.6 Å². The summed E-state index contributed by atoms with van der Waals surface area (Å²) < 4.78 is 5.67. The summed E-state index contributed by atoms with van der Waals surface area (Å²) in [6.45, 7) is 4.86. The van der Waals surface area contributed by atoms with Gasteiger partial charge in [-0.15, -0.1) is 11.3 Å². The van der Waals surface area contributed by atoms with Crippen LogP contribution in [0.15, 0.2) is 54.7 Å². The van der Waals surface area contributed by atoms with Gasteiger partial charge in [-0.3, -0.25) is 10.1 Å². The van der Waals surface area contributed by atoms with Gasteiger partial charge in [0.25, 0.3) is 0 Å². The minimum atomic E-state index is -0.405. The number of rotatable bonds is 8. The Morgan fingerprint density at radius 2 is 2.00 bits per heavy atom. The highest BCUT2D eigenvalue weighted by Gasteiger charge is 2.17. The van der Waals surface area contributed by atoms with E-state index in [1.54, 1.807) is 23.5 Å². The molecule has 27 heavy (non-hydrogen) atoms. The van der Waals surface area contributed by atoms with E-state index in [9.17, 15) is 10.1 Å². The number of ether oxygens (including phenoxy) is 1. The quantitative estimate of drug-likeness (QED) is 0.447. The second-order valence-corrected chi connectivity index (χ2v) is 7.51. The molecule has 6 nitrogen and oxygen atoms in total. The van der Waals surface area contributed by atoms with E-state index in [0.717, 1.165) is 21.0 Å². The fourth-order valence-corrected chi connectivity index (χ4v) is 3.40. The van der Waals surface area contributed by atoms with Gasteiger partial charge in [-0.05, 0) is 31.0 Å². The van der Waals surface area contributed by atoms with E-state index in [4.69, 9.17) is 4.74 Å². The second-order valence-electron chi connectivity index (χ2n) is 6.25. The molecular weight excluding hydrogens is 362 g/mol. The summed E-state index contributed by atoms with van der Waals surface area (Å²) in [6, 6.07) is 14.7. The van der Waals surface area contributed by atoms with Crippen molar-refractivity contribution < 1.29 is 9.66 Å². The predicted molar refractivity (Wildman–Crippen MR) is 106 cm³/mol. The van der Waals surface area contributed by atoms with Gasteiger partial charge in [0, 0.05) is 23.7 Å². The summed E-state index contributed by atoms with van der Waals surface area (Å²) in [5, 5.41) is 15.8. The third kappa shape index (κ3) is 5.12. The van der Waals surface area contributed by atoms with E-state index in [-0.39, 0.29) is 17.5 Å². The number of aromatic nitrogens is 1. The van der Waals surface area contributed by atoms with Crippen molar-refractivity contribution in [3.05, 3.63) is 85.9 Å². The summed E-state index contributed by atoms with van der Waals surface area (Å²) in [7, 11) is 0. The van der Waals surface area contributed by atoms with Crippen LogP contribution in [0, 0.1) is 17.0 Å². The molecule has 3 aromatic rings. The Bertz CT molecular complexity index is 912. The minimum absolute atomic E-state index is 0.0250. The van der Waals surface area contributed by atoms with Gasteiger partial charge in [-0.1, -0.05) is 36.4 Å². The van der Waals surface area contributed by atoms with Crippen LogP contribution in [0.1, 0.15) is 34.0 Å². The van der Waals surface area contributed by atoms with E-state index in [1.165, 1.54) is 0 Å². The number of nitro benzene ring substituents is 1. The molecule has 0 aliphatic carbocycles. The first-order valence-electron chi connectivity index (χ1n) is 8.62. The molecule has 1 unspecified atom stereocenters. The maximum atomic E-state index is 11.4. The molecule has 1 heterocycles. The van der Waals surface area contributed by atoms with Crippen molar-refractivity contribution in [3.8, 4) is 5.75 Å². The lowest BCUT2D eigenvalue weighted by molar-refractivity contribution is -0.386. The average molecular weight is 383 g/mol. The fraction of sp³-hybridized carbons (Fsp3) is 0.250. The number of thiazole rings is 1. The Balaban J connectivity index is 1.66. The zero-order valence-corrected chi connectivity index (χ0v) is 16.0. The maximum Gasteiger partial charge on any atom is 0.311 e. The van der Waals surface area contributed by atoms with Gasteiger partial charge in [-0.25, -0.2) is 4.98 Å². The van der Waals surface area contributed by atoms with Crippen molar-refractivity contribution in [3.63, 3.8) is 0 Å². The molecule has 0 spiro atoms. The zero-order chi connectivity index (χ0) is 19.2. The number of hydrogen-bond donors (Lipinski definition) is 1. The Hall–Kier alpha value is -2.77. The van der Waals surface area contributed by atoms with Gasteiger partial charge in [0.2, 0.25) is 0 Å². The van der Waals surface area contributed by atoms with E-state index < -0.39 is 4.92 Å². The lowest BCUT2D eigenvalue weighted by Crippen LogP contribution is -2.18. The lowest BCUT2D eigenvalue weighted by atomic mass is 10.1. The highest BCUT2D eigenvalue weighted by Crippen LogP contribution is 2.29. The summed E-state index contributed by atoms with van der Waals surface area (Å²) in [5.41, 5.74) is 1.77. The maximum absolute atomic E-state index is 11.4. The Kier molecular flexibility index (Phi) is 6.16. The number of hydrogen-bond acceptors (Lipinski definition) is 6. The highest BCUT2D eigenvalue weighted by molar-refractivity contribution is 7.11. The zero-order valence-electron chi connectivity index (χ0n) is 15.2. The van der Waals surface area contributed by atoms with Crippen LogP contribution in [0.25, 0.3) is 0 Å². The van der Waals surface area contributed by atoms with Crippen LogP contribution < -0.4 is 10.1 Å². The molecule has 3 rings (SSSR count). The summed E-state index contributed by atoms with van der Waals surface area (Å²) in [4.78, 5) is 16.6. The number of nitro groups is 1. The molecule has 0 saturated heterocycles. The molecule has 0 amide bonds. The predicted octanol–water partition coefficient (Wildman–Crippen LogP) is 4.79. The minimum Gasteiger partial charge on any atom is -0.482 e. The molecule has 2 aromatic carbocycles. The summed E-state index contributed by atoms with van der Waals surface area (Å²) >= 11 is 1.64.